The summed E-state index contributed by atoms with van der Waals surface area (Å²) in [7, 11) is -2.26. The van der Waals surface area contributed by atoms with Crippen LogP contribution in [-0.4, -0.2) is 58.4 Å². The van der Waals surface area contributed by atoms with Gasteiger partial charge in [0.15, 0.2) is 11.5 Å². The van der Waals surface area contributed by atoms with Crippen LogP contribution in [0.4, 0.5) is 4.39 Å². The lowest BCUT2D eigenvalue weighted by Crippen LogP contribution is -2.43. The molecular weight excluding hydrogens is 409 g/mol. The molecular formula is C16H18FN5O4S2. The maximum Gasteiger partial charge on any atom is 0.264 e. The molecule has 0 bridgehead atoms. The van der Waals surface area contributed by atoms with E-state index < -0.39 is 15.7 Å². The number of sulfonamides is 1. The second-order valence-electron chi connectivity index (χ2n) is 6.52. The highest BCUT2D eigenvalue weighted by Gasteiger charge is 2.44. The zero-order valence-electron chi connectivity index (χ0n) is 15.0. The maximum atomic E-state index is 15.3. The normalized spacial score (nSPS) is 17.9. The molecule has 1 saturated heterocycles. The van der Waals surface area contributed by atoms with E-state index in [0.29, 0.717) is 29.9 Å². The van der Waals surface area contributed by atoms with Gasteiger partial charge in [0.05, 0.1) is 18.3 Å². The van der Waals surface area contributed by atoms with Crippen LogP contribution in [0.2, 0.25) is 0 Å². The molecule has 0 amide bonds. The topological polar surface area (TPSA) is 111 Å². The molecule has 12 heteroatoms. The molecule has 0 spiro atoms. The number of piperidine rings is 1. The lowest BCUT2D eigenvalue weighted by Gasteiger charge is -2.33. The molecule has 1 aromatic carbocycles. The van der Waals surface area contributed by atoms with Crippen molar-refractivity contribution in [2.24, 2.45) is 0 Å². The zero-order valence-corrected chi connectivity index (χ0v) is 16.7. The number of aromatic nitrogens is 4. The standard InChI is InChI=1S/C16H18FN5O4S2/c1-25-10-5-13-18-15(26-19-13)16(17)6-8-22(9-7-16)28(23,24)12-4-2-3-11-14(12)21-27-20-11/h2-4H,5-10H2,1H3. The molecule has 0 atom stereocenters. The summed E-state index contributed by atoms with van der Waals surface area (Å²) in [5.74, 6) is 0.257. The first kappa shape index (κ1) is 19.3. The summed E-state index contributed by atoms with van der Waals surface area (Å²) in [6.45, 7) is 0.409. The molecule has 3 aromatic rings. The molecule has 3 heterocycles. The lowest BCUT2D eigenvalue weighted by molar-refractivity contribution is 0.0511. The first-order valence-corrected chi connectivity index (χ1v) is 10.8. The Labute approximate surface area is 164 Å². The quantitative estimate of drug-likeness (QED) is 0.587. The number of hydrogen-bond donors (Lipinski definition) is 0. The summed E-state index contributed by atoms with van der Waals surface area (Å²) in [6.07, 6.45) is 0.287. The summed E-state index contributed by atoms with van der Waals surface area (Å²) in [5.41, 5.74) is -0.986. The van der Waals surface area contributed by atoms with Gasteiger partial charge in [0.2, 0.25) is 10.0 Å². The molecule has 1 fully saturated rings. The SMILES string of the molecule is COCCc1noc(C2(F)CCN(S(=O)(=O)c3cccc4nsnc34)CC2)n1. The van der Waals surface area contributed by atoms with Crippen LogP contribution in [0.5, 0.6) is 0 Å². The fourth-order valence-electron chi connectivity index (χ4n) is 3.15. The van der Waals surface area contributed by atoms with Gasteiger partial charge >= 0.3 is 0 Å². The molecule has 150 valence electrons. The summed E-state index contributed by atoms with van der Waals surface area (Å²) in [5, 5.41) is 3.77. The van der Waals surface area contributed by atoms with Crippen molar-refractivity contribution in [1.29, 1.82) is 0 Å². The Morgan fingerprint density at radius 2 is 2.11 bits per heavy atom. The third kappa shape index (κ3) is 3.41. The fraction of sp³-hybridized carbons (Fsp3) is 0.500. The van der Waals surface area contributed by atoms with Crippen molar-refractivity contribution in [2.75, 3.05) is 26.8 Å². The van der Waals surface area contributed by atoms with Crippen LogP contribution >= 0.6 is 11.7 Å². The minimum atomic E-state index is -3.81. The van der Waals surface area contributed by atoms with Crippen LogP contribution < -0.4 is 0 Å². The molecule has 2 aromatic heterocycles. The third-order valence-electron chi connectivity index (χ3n) is 4.76. The summed E-state index contributed by atoms with van der Waals surface area (Å²) >= 11 is 0.955. The molecule has 0 N–H and O–H groups in total. The maximum absolute atomic E-state index is 15.3. The van der Waals surface area contributed by atoms with Gasteiger partial charge in [0.1, 0.15) is 15.9 Å². The molecule has 0 unspecified atom stereocenters. The minimum absolute atomic E-state index is 0.00255. The Balaban J connectivity index is 1.52. The van der Waals surface area contributed by atoms with Crippen LogP contribution in [-0.2, 0) is 26.8 Å². The predicted octanol–water partition coefficient (Wildman–Crippen LogP) is 1.91. The van der Waals surface area contributed by atoms with Crippen molar-refractivity contribution in [3.63, 3.8) is 0 Å². The largest absolute Gasteiger partial charge is 0.384 e. The van der Waals surface area contributed by atoms with Crippen LogP contribution in [0.15, 0.2) is 27.6 Å². The summed E-state index contributed by atoms with van der Waals surface area (Å²) in [6, 6.07) is 4.83. The van der Waals surface area contributed by atoms with E-state index in [9.17, 15) is 8.42 Å². The Kier molecular flexibility index (Phi) is 5.12. The van der Waals surface area contributed by atoms with E-state index in [1.807, 2.05) is 0 Å². The molecule has 0 saturated carbocycles. The first-order chi connectivity index (χ1) is 13.4. The first-order valence-electron chi connectivity index (χ1n) is 8.66. The summed E-state index contributed by atoms with van der Waals surface area (Å²) in [4.78, 5) is 4.19. The van der Waals surface area contributed by atoms with Gasteiger partial charge in [-0.15, -0.1) is 0 Å². The van der Waals surface area contributed by atoms with E-state index in [1.165, 1.54) is 10.4 Å². The van der Waals surface area contributed by atoms with Crippen molar-refractivity contribution < 1.29 is 22.1 Å². The number of methoxy groups -OCH3 is 1. The minimum Gasteiger partial charge on any atom is -0.384 e. The van der Waals surface area contributed by atoms with Gasteiger partial charge in [-0.1, -0.05) is 11.2 Å². The van der Waals surface area contributed by atoms with Crippen molar-refractivity contribution in [3.05, 3.63) is 29.9 Å². The van der Waals surface area contributed by atoms with Gasteiger partial charge in [-0.05, 0) is 12.1 Å². The van der Waals surface area contributed by atoms with Gasteiger partial charge in [-0.25, -0.2) is 12.8 Å². The van der Waals surface area contributed by atoms with Crippen LogP contribution in [0.3, 0.4) is 0 Å². The highest BCUT2D eigenvalue weighted by atomic mass is 32.2. The van der Waals surface area contributed by atoms with Gasteiger partial charge in [0, 0.05) is 39.5 Å². The zero-order chi connectivity index (χ0) is 19.8. The Morgan fingerprint density at radius 1 is 1.32 bits per heavy atom. The van der Waals surface area contributed by atoms with Gasteiger partial charge in [-0.2, -0.15) is 18.0 Å². The second kappa shape index (κ2) is 7.43. The fourth-order valence-corrected chi connectivity index (χ4v) is 5.35. The number of benzene rings is 1. The molecule has 9 nitrogen and oxygen atoms in total. The molecule has 28 heavy (non-hydrogen) atoms. The van der Waals surface area contributed by atoms with E-state index in [0.717, 1.165) is 11.7 Å². The molecule has 4 rings (SSSR count). The number of rotatable bonds is 6. The summed E-state index contributed by atoms with van der Waals surface area (Å²) < 4.78 is 60.9. The Bertz CT molecular complexity index is 1080. The van der Waals surface area contributed by atoms with Crippen molar-refractivity contribution in [1.82, 2.24) is 23.2 Å². The van der Waals surface area contributed by atoms with E-state index in [2.05, 4.69) is 18.9 Å². The van der Waals surface area contributed by atoms with E-state index in [-0.39, 0.29) is 36.7 Å². The molecule has 1 aliphatic heterocycles. The van der Waals surface area contributed by atoms with Crippen molar-refractivity contribution in [3.8, 4) is 0 Å². The Hall–Kier alpha value is -2.02. The molecule has 1 aliphatic rings. The second-order valence-corrected chi connectivity index (χ2v) is 8.95. The molecule has 0 aliphatic carbocycles. The average molecular weight is 427 g/mol. The number of nitrogens with zero attached hydrogens (tertiary/aromatic N) is 5. The van der Waals surface area contributed by atoms with Crippen LogP contribution in [0, 0.1) is 0 Å². The van der Waals surface area contributed by atoms with Crippen LogP contribution in [0.1, 0.15) is 24.6 Å². The average Bonchev–Trinajstić information content (AvgIpc) is 3.36. The van der Waals surface area contributed by atoms with Crippen LogP contribution in [0.25, 0.3) is 11.0 Å². The lowest BCUT2D eigenvalue weighted by atomic mass is 9.94. The number of fused-ring (bicyclic) bond motifs is 1. The van der Waals surface area contributed by atoms with Crippen molar-refractivity contribution >= 4 is 32.8 Å². The third-order valence-corrected chi connectivity index (χ3v) is 7.24. The Morgan fingerprint density at radius 3 is 2.86 bits per heavy atom. The highest BCUT2D eigenvalue weighted by Crippen LogP contribution is 2.38. The van der Waals surface area contributed by atoms with E-state index in [1.54, 1.807) is 19.2 Å². The smallest absolute Gasteiger partial charge is 0.264 e. The van der Waals surface area contributed by atoms with Gasteiger partial charge < -0.3 is 9.26 Å². The van der Waals surface area contributed by atoms with Gasteiger partial charge in [0.25, 0.3) is 5.89 Å². The monoisotopic (exact) mass is 427 g/mol. The number of halogens is 1. The number of hydrogen-bond acceptors (Lipinski definition) is 9. The van der Waals surface area contributed by atoms with E-state index in [4.69, 9.17) is 9.26 Å². The van der Waals surface area contributed by atoms with Crippen molar-refractivity contribution in [2.45, 2.75) is 29.8 Å². The highest BCUT2D eigenvalue weighted by molar-refractivity contribution is 7.89. The number of ether oxygens (including phenoxy) is 1. The van der Waals surface area contributed by atoms with E-state index >= 15 is 4.39 Å². The molecule has 0 radical (unpaired) electrons. The number of alkyl halides is 1. The predicted molar refractivity (Wildman–Crippen MR) is 98.1 cm³/mol. The van der Waals surface area contributed by atoms with Gasteiger partial charge in [-0.3, -0.25) is 0 Å².